The van der Waals surface area contributed by atoms with E-state index in [0.717, 1.165) is 0 Å². The van der Waals surface area contributed by atoms with E-state index in [-0.39, 0.29) is 6.54 Å². The largest absolute Gasteiger partial charge is 0.479 e. The van der Waals surface area contributed by atoms with E-state index in [4.69, 9.17) is 15.0 Å². The minimum atomic E-state index is -1.18. The van der Waals surface area contributed by atoms with Crippen LogP contribution in [0.15, 0.2) is 10.6 Å². The lowest BCUT2D eigenvalue weighted by atomic mass is 10.0. The summed E-state index contributed by atoms with van der Waals surface area (Å²) in [6, 6.07) is 1.51. The number of methoxy groups -OCH3 is 1. The van der Waals surface area contributed by atoms with Crippen molar-refractivity contribution in [1.82, 2.24) is 5.16 Å². The molecule has 0 radical (unpaired) electrons. The fourth-order valence-electron chi connectivity index (χ4n) is 0.710. The highest BCUT2D eigenvalue weighted by Crippen LogP contribution is 2.22. The molecular formula is C7H12N2O3. The van der Waals surface area contributed by atoms with E-state index < -0.39 is 5.60 Å². The van der Waals surface area contributed by atoms with Gasteiger partial charge in [-0.1, -0.05) is 0 Å². The van der Waals surface area contributed by atoms with Gasteiger partial charge in [0.1, 0.15) is 5.60 Å². The predicted octanol–water partition coefficient (Wildman–Crippen LogP) is -0.151. The van der Waals surface area contributed by atoms with Crippen LogP contribution in [-0.4, -0.2) is 23.9 Å². The summed E-state index contributed by atoms with van der Waals surface area (Å²) in [7, 11) is 1.47. The van der Waals surface area contributed by atoms with Gasteiger partial charge in [-0.2, -0.15) is 0 Å². The van der Waals surface area contributed by atoms with Gasteiger partial charge in [0.05, 0.1) is 7.11 Å². The van der Waals surface area contributed by atoms with E-state index in [1.54, 1.807) is 6.92 Å². The van der Waals surface area contributed by atoms with Crippen molar-refractivity contribution in [3.63, 3.8) is 0 Å². The normalized spacial score (nSPS) is 15.7. The smallest absolute Gasteiger partial charge is 0.254 e. The van der Waals surface area contributed by atoms with E-state index in [1.807, 2.05) is 0 Å². The van der Waals surface area contributed by atoms with Crippen molar-refractivity contribution in [2.45, 2.75) is 12.5 Å². The summed E-state index contributed by atoms with van der Waals surface area (Å²) in [4.78, 5) is 0. The Morgan fingerprint density at radius 3 is 2.92 bits per heavy atom. The first-order valence-electron chi connectivity index (χ1n) is 3.54. The first-order chi connectivity index (χ1) is 5.60. The second-order valence-electron chi connectivity index (χ2n) is 2.71. The molecule has 0 bridgehead atoms. The Kier molecular flexibility index (Phi) is 2.35. The molecule has 0 saturated heterocycles. The average molecular weight is 172 g/mol. The molecule has 0 aliphatic carbocycles. The molecule has 0 aliphatic heterocycles. The van der Waals surface area contributed by atoms with E-state index in [2.05, 4.69) is 5.16 Å². The molecule has 0 spiro atoms. The number of aliphatic hydroxyl groups is 1. The van der Waals surface area contributed by atoms with Crippen molar-refractivity contribution in [3.8, 4) is 5.88 Å². The third-order valence-electron chi connectivity index (χ3n) is 1.63. The minimum absolute atomic E-state index is 0.0747. The Bertz CT molecular complexity index is 257. The number of rotatable bonds is 3. The van der Waals surface area contributed by atoms with Gasteiger partial charge in [0, 0.05) is 12.6 Å². The molecule has 1 unspecified atom stereocenters. The van der Waals surface area contributed by atoms with E-state index >= 15 is 0 Å². The molecule has 3 N–H and O–H groups in total. The highest BCUT2D eigenvalue weighted by atomic mass is 16.5. The first-order valence-corrected chi connectivity index (χ1v) is 3.54. The highest BCUT2D eigenvalue weighted by molar-refractivity contribution is 5.16. The van der Waals surface area contributed by atoms with Crippen molar-refractivity contribution in [3.05, 3.63) is 11.8 Å². The molecule has 1 heterocycles. The lowest BCUT2D eigenvalue weighted by Crippen LogP contribution is -2.30. The maximum absolute atomic E-state index is 9.59. The second-order valence-corrected chi connectivity index (χ2v) is 2.71. The molecule has 12 heavy (non-hydrogen) atoms. The molecule has 0 amide bonds. The Hall–Kier alpha value is -1.07. The topological polar surface area (TPSA) is 81.5 Å². The zero-order chi connectivity index (χ0) is 9.19. The standard InChI is InChI=1S/C7H12N2O3/c1-7(10,4-8)5-3-6(11-2)9-12-5/h3,10H,4,8H2,1-2H3. The fourth-order valence-corrected chi connectivity index (χ4v) is 0.710. The predicted molar refractivity (Wildman–Crippen MR) is 41.7 cm³/mol. The number of hydrogen-bond acceptors (Lipinski definition) is 5. The van der Waals surface area contributed by atoms with Crippen LogP contribution >= 0.6 is 0 Å². The van der Waals surface area contributed by atoms with Crippen molar-refractivity contribution in [1.29, 1.82) is 0 Å². The third kappa shape index (κ3) is 1.57. The van der Waals surface area contributed by atoms with E-state index in [0.29, 0.717) is 11.6 Å². The summed E-state index contributed by atoms with van der Waals surface area (Å²) in [5, 5.41) is 13.1. The zero-order valence-electron chi connectivity index (χ0n) is 7.07. The van der Waals surface area contributed by atoms with Crippen LogP contribution in [0.25, 0.3) is 0 Å². The quantitative estimate of drug-likeness (QED) is 0.662. The van der Waals surface area contributed by atoms with Crippen LogP contribution in [0.1, 0.15) is 12.7 Å². The lowest BCUT2D eigenvalue weighted by Gasteiger charge is -2.15. The van der Waals surface area contributed by atoms with Gasteiger partial charge in [-0.25, -0.2) is 0 Å². The molecule has 5 heteroatoms. The molecule has 0 saturated carbocycles. The second kappa shape index (κ2) is 3.12. The Morgan fingerprint density at radius 2 is 2.50 bits per heavy atom. The number of aromatic nitrogens is 1. The number of nitrogens with two attached hydrogens (primary N) is 1. The monoisotopic (exact) mass is 172 g/mol. The molecule has 5 nitrogen and oxygen atoms in total. The van der Waals surface area contributed by atoms with Gasteiger partial charge >= 0.3 is 0 Å². The average Bonchev–Trinajstić information content (AvgIpc) is 2.52. The van der Waals surface area contributed by atoms with Crippen LogP contribution < -0.4 is 10.5 Å². The van der Waals surface area contributed by atoms with Crippen molar-refractivity contribution in [2.24, 2.45) is 5.73 Å². The Morgan fingerprint density at radius 1 is 1.83 bits per heavy atom. The molecule has 0 fully saturated rings. The van der Waals surface area contributed by atoms with E-state index in [9.17, 15) is 5.11 Å². The van der Waals surface area contributed by atoms with Gasteiger partial charge in [-0.05, 0) is 12.1 Å². The number of hydrogen-bond donors (Lipinski definition) is 2. The fraction of sp³-hybridized carbons (Fsp3) is 0.571. The van der Waals surface area contributed by atoms with Gasteiger partial charge in [0.25, 0.3) is 5.88 Å². The van der Waals surface area contributed by atoms with Crippen LogP contribution in [-0.2, 0) is 5.60 Å². The summed E-state index contributed by atoms with van der Waals surface area (Å²) in [6.07, 6.45) is 0. The zero-order valence-corrected chi connectivity index (χ0v) is 7.07. The van der Waals surface area contributed by atoms with Crippen LogP contribution in [0.4, 0.5) is 0 Å². The minimum Gasteiger partial charge on any atom is -0.479 e. The summed E-state index contributed by atoms with van der Waals surface area (Å²) in [5.41, 5.74) is 4.13. The highest BCUT2D eigenvalue weighted by Gasteiger charge is 2.26. The number of nitrogens with zero attached hydrogens (tertiary/aromatic N) is 1. The Balaban J connectivity index is 2.88. The SMILES string of the molecule is COc1cc(C(C)(O)CN)on1. The van der Waals surface area contributed by atoms with Crippen LogP contribution in [0.5, 0.6) is 5.88 Å². The summed E-state index contributed by atoms with van der Waals surface area (Å²) in [5.74, 6) is 0.639. The van der Waals surface area contributed by atoms with Crippen LogP contribution in [0.2, 0.25) is 0 Å². The lowest BCUT2D eigenvalue weighted by molar-refractivity contribution is 0.0369. The number of ether oxygens (including phenoxy) is 1. The van der Waals surface area contributed by atoms with E-state index in [1.165, 1.54) is 13.2 Å². The van der Waals surface area contributed by atoms with Crippen molar-refractivity contribution >= 4 is 0 Å². The van der Waals surface area contributed by atoms with Gasteiger partial charge in [0.2, 0.25) is 0 Å². The molecular weight excluding hydrogens is 160 g/mol. The first kappa shape index (κ1) is 9.02. The van der Waals surface area contributed by atoms with Gasteiger partial charge < -0.3 is 20.1 Å². The van der Waals surface area contributed by atoms with Gasteiger partial charge in [-0.3, -0.25) is 0 Å². The maximum atomic E-state index is 9.59. The van der Waals surface area contributed by atoms with Gasteiger partial charge in [-0.15, -0.1) is 0 Å². The molecule has 0 aliphatic rings. The molecule has 1 aromatic rings. The Labute approximate surface area is 70.1 Å². The molecule has 0 aromatic carbocycles. The van der Waals surface area contributed by atoms with Crippen molar-refractivity contribution in [2.75, 3.05) is 13.7 Å². The summed E-state index contributed by atoms with van der Waals surface area (Å²) < 4.78 is 9.58. The van der Waals surface area contributed by atoms with Gasteiger partial charge in [0.15, 0.2) is 5.76 Å². The third-order valence-corrected chi connectivity index (χ3v) is 1.63. The summed E-state index contributed by atoms with van der Waals surface area (Å²) >= 11 is 0. The molecule has 1 atom stereocenters. The molecule has 68 valence electrons. The molecule has 1 rings (SSSR count). The van der Waals surface area contributed by atoms with Crippen LogP contribution in [0.3, 0.4) is 0 Å². The van der Waals surface area contributed by atoms with Crippen LogP contribution in [0, 0.1) is 0 Å². The summed E-state index contributed by atoms with van der Waals surface area (Å²) in [6.45, 7) is 1.62. The van der Waals surface area contributed by atoms with Crippen molar-refractivity contribution < 1.29 is 14.4 Å². The maximum Gasteiger partial charge on any atom is 0.254 e. The molecule has 1 aromatic heterocycles.